The SMILES string of the molecule is CCO[Si](CN1CC(C)=NC1c1ccccc1)(OCC)OCC. The Morgan fingerprint density at radius 2 is 1.61 bits per heavy atom. The van der Waals surface area contributed by atoms with E-state index in [1.165, 1.54) is 5.56 Å². The third kappa shape index (κ3) is 4.71. The molecule has 5 nitrogen and oxygen atoms in total. The minimum Gasteiger partial charge on any atom is -0.373 e. The van der Waals surface area contributed by atoms with Gasteiger partial charge >= 0.3 is 8.80 Å². The molecule has 0 spiro atoms. The van der Waals surface area contributed by atoms with Gasteiger partial charge in [-0.3, -0.25) is 9.89 Å². The fourth-order valence-electron chi connectivity index (χ4n) is 2.93. The van der Waals surface area contributed by atoms with Gasteiger partial charge in [0.15, 0.2) is 0 Å². The standard InChI is InChI=1S/C17H28N2O3Si/c1-5-20-23(21-6-2,22-7-3)14-19-13-15(4)18-17(19)16-11-9-8-10-12-16/h8-12,17H,5-7,13-14H2,1-4H3. The maximum Gasteiger partial charge on any atom is 0.515 e. The summed E-state index contributed by atoms with van der Waals surface area (Å²) in [5, 5.41) is 0. The number of rotatable bonds is 9. The lowest BCUT2D eigenvalue weighted by Gasteiger charge is -2.34. The quantitative estimate of drug-likeness (QED) is 0.650. The maximum atomic E-state index is 5.99. The Hall–Kier alpha value is -1.05. The molecule has 1 aromatic carbocycles. The van der Waals surface area contributed by atoms with E-state index in [1.54, 1.807) is 0 Å². The molecular weight excluding hydrogens is 308 g/mol. The minimum atomic E-state index is -2.71. The van der Waals surface area contributed by atoms with Crippen LogP contribution in [0.5, 0.6) is 0 Å². The van der Waals surface area contributed by atoms with Crippen molar-refractivity contribution in [2.24, 2.45) is 4.99 Å². The normalized spacial score (nSPS) is 19.1. The molecule has 0 aliphatic carbocycles. The Bertz CT molecular complexity index is 493. The van der Waals surface area contributed by atoms with E-state index in [2.05, 4.69) is 36.1 Å². The topological polar surface area (TPSA) is 43.3 Å². The summed E-state index contributed by atoms with van der Waals surface area (Å²) in [4.78, 5) is 7.11. The second-order valence-electron chi connectivity index (χ2n) is 5.54. The third-order valence-electron chi connectivity index (χ3n) is 3.71. The summed E-state index contributed by atoms with van der Waals surface area (Å²) < 4.78 is 18.0. The van der Waals surface area contributed by atoms with Crippen LogP contribution in [0.1, 0.15) is 39.4 Å². The number of hydrogen-bond acceptors (Lipinski definition) is 5. The van der Waals surface area contributed by atoms with Gasteiger partial charge in [-0.1, -0.05) is 30.3 Å². The van der Waals surface area contributed by atoms with Crippen molar-refractivity contribution in [3.05, 3.63) is 35.9 Å². The number of aliphatic imine (C=N–C) groups is 1. The summed E-state index contributed by atoms with van der Waals surface area (Å²) in [5.74, 6) is 0. The van der Waals surface area contributed by atoms with Gasteiger partial charge in [0.2, 0.25) is 0 Å². The molecule has 0 fully saturated rings. The molecule has 1 aromatic rings. The van der Waals surface area contributed by atoms with Crippen LogP contribution in [0, 0.1) is 0 Å². The number of benzene rings is 1. The largest absolute Gasteiger partial charge is 0.515 e. The van der Waals surface area contributed by atoms with Crippen LogP contribution < -0.4 is 0 Å². The van der Waals surface area contributed by atoms with E-state index in [0.29, 0.717) is 26.0 Å². The van der Waals surface area contributed by atoms with Crippen molar-refractivity contribution in [1.29, 1.82) is 0 Å². The van der Waals surface area contributed by atoms with Gasteiger partial charge in [0.05, 0.1) is 6.17 Å². The fourth-order valence-corrected chi connectivity index (χ4v) is 5.56. The van der Waals surface area contributed by atoms with Gasteiger partial charge in [-0.2, -0.15) is 0 Å². The van der Waals surface area contributed by atoms with Crippen molar-refractivity contribution in [2.45, 2.75) is 33.9 Å². The summed E-state index contributed by atoms with van der Waals surface area (Å²) in [6, 6.07) is 10.4. The lowest BCUT2D eigenvalue weighted by Crippen LogP contribution is -2.55. The predicted molar refractivity (Wildman–Crippen MR) is 94.5 cm³/mol. The Morgan fingerprint density at radius 3 is 2.13 bits per heavy atom. The average Bonchev–Trinajstić information content (AvgIpc) is 2.89. The van der Waals surface area contributed by atoms with E-state index in [-0.39, 0.29) is 6.17 Å². The lowest BCUT2D eigenvalue weighted by molar-refractivity contribution is 0.0548. The van der Waals surface area contributed by atoms with Gasteiger partial charge < -0.3 is 13.3 Å². The highest BCUT2D eigenvalue weighted by molar-refractivity contribution is 6.61. The van der Waals surface area contributed by atoms with Crippen LogP contribution in [0.25, 0.3) is 0 Å². The molecule has 0 bridgehead atoms. The van der Waals surface area contributed by atoms with Crippen molar-refractivity contribution in [1.82, 2.24) is 4.90 Å². The molecule has 0 saturated carbocycles. The molecule has 0 N–H and O–H groups in total. The molecule has 1 unspecified atom stereocenters. The first-order chi connectivity index (χ1) is 11.1. The molecule has 1 aliphatic rings. The maximum absolute atomic E-state index is 5.99. The third-order valence-corrected chi connectivity index (χ3v) is 6.69. The van der Waals surface area contributed by atoms with E-state index in [9.17, 15) is 0 Å². The van der Waals surface area contributed by atoms with E-state index >= 15 is 0 Å². The lowest BCUT2D eigenvalue weighted by atomic mass is 10.2. The second-order valence-corrected chi connectivity index (χ2v) is 8.08. The van der Waals surface area contributed by atoms with Crippen LogP contribution in [-0.2, 0) is 13.3 Å². The van der Waals surface area contributed by atoms with Crippen LogP contribution in [0.2, 0.25) is 0 Å². The zero-order valence-corrected chi connectivity index (χ0v) is 15.6. The van der Waals surface area contributed by atoms with Crippen LogP contribution in [0.3, 0.4) is 0 Å². The molecule has 23 heavy (non-hydrogen) atoms. The van der Waals surface area contributed by atoms with Crippen molar-refractivity contribution in [2.75, 3.05) is 32.5 Å². The Balaban J connectivity index is 2.20. The highest BCUT2D eigenvalue weighted by atomic mass is 28.4. The van der Waals surface area contributed by atoms with E-state index in [1.807, 2.05) is 26.8 Å². The zero-order chi connectivity index (χ0) is 16.7. The molecule has 1 atom stereocenters. The van der Waals surface area contributed by atoms with Crippen LogP contribution >= 0.6 is 0 Å². The van der Waals surface area contributed by atoms with Gasteiger partial charge in [0.25, 0.3) is 0 Å². The van der Waals surface area contributed by atoms with Crippen molar-refractivity contribution >= 4 is 14.5 Å². The first-order valence-corrected chi connectivity index (χ1v) is 10.3. The van der Waals surface area contributed by atoms with Crippen molar-refractivity contribution in [3.63, 3.8) is 0 Å². The summed E-state index contributed by atoms with van der Waals surface area (Å²) in [5.41, 5.74) is 2.32. The zero-order valence-electron chi connectivity index (χ0n) is 14.6. The first-order valence-electron chi connectivity index (χ1n) is 8.38. The first kappa shape index (κ1) is 18.3. The second kappa shape index (κ2) is 8.70. The fraction of sp³-hybridized carbons (Fsp3) is 0.588. The highest BCUT2D eigenvalue weighted by Gasteiger charge is 2.45. The molecule has 0 aromatic heterocycles. The molecule has 0 saturated heterocycles. The van der Waals surface area contributed by atoms with Crippen LogP contribution in [-0.4, -0.2) is 51.9 Å². The van der Waals surface area contributed by atoms with Gasteiger partial charge in [-0.15, -0.1) is 0 Å². The van der Waals surface area contributed by atoms with E-state index in [4.69, 9.17) is 18.3 Å². The summed E-state index contributed by atoms with van der Waals surface area (Å²) in [7, 11) is -2.71. The van der Waals surface area contributed by atoms with Crippen LogP contribution in [0.4, 0.5) is 0 Å². The van der Waals surface area contributed by atoms with Gasteiger partial charge in [0, 0.05) is 32.1 Å². The molecular formula is C17H28N2O3Si. The van der Waals surface area contributed by atoms with Gasteiger partial charge in [-0.25, -0.2) is 0 Å². The van der Waals surface area contributed by atoms with Gasteiger partial charge in [0.1, 0.15) is 6.17 Å². The predicted octanol–water partition coefficient (Wildman–Crippen LogP) is 3.05. The van der Waals surface area contributed by atoms with Crippen LogP contribution in [0.15, 0.2) is 35.3 Å². The summed E-state index contributed by atoms with van der Waals surface area (Å²) in [6.45, 7) is 10.6. The average molecular weight is 337 g/mol. The Kier molecular flexibility index (Phi) is 6.92. The smallest absolute Gasteiger partial charge is 0.373 e. The highest BCUT2D eigenvalue weighted by Crippen LogP contribution is 2.29. The van der Waals surface area contributed by atoms with Crippen molar-refractivity contribution in [3.8, 4) is 0 Å². The van der Waals surface area contributed by atoms with E-state index < -0.39 is 8.80 Å². The van der Waals surface area contributed by atoms with Gasteiger partial charge in [-0.05, 0) is 33.3 Å². The minimum absolute atomic E-state index is 0.0180. The van der Waals surface area contributed by atoms with Crippen molar-refractivity contribution < 1.29 is 13.3 Å². The molecule has 0 radical (unpaired) electrons. The van der Waals surface area contributed by atoms with E-state index in [0.717, 1.165) is 12.3 Å². The molecule has 6 heteroatoms. The Labute approximate surface area is 140 Å². The monoisotopic (exact) mass is 336 g/mol. The Morgan fingerprint density at radius 1 is 1.04 bits per heavy atom. The molecule has 128 valence electrons. The molecule has 0 amide bonds. The number of nitrogens with zero attached hydrogens (tertiary/aromatic N) is 2. The molecule has 1 aliphatic heterocycles. The summed E-state index contributed by atoms with van der Waals surface area (Å²) in [6.07, 6.45) is 0.674. The molecule has 1 heterocycles. The number of hydrogen-bond donors (Lipinski definition) is 0. The molecule has 2 rings (SSSR count). The summed E-state index contributed by atoms with van der Waals surface area (Å²) >= 11 is 0.